The van der Waals surface area contributed by atoms with E-state index in [2.05, 4.69) is 4.90 Å². The van der Waals surface area contributed by atoms with Gasteiger partial charge in [0.2, 0.25) is 5.78 Å². The number of hydrogen-bond donors (Lipinski definition) is 1. The molecule has 8 nitrogen and oxygen atoms in total. The van der Waals surface area contributed by atoms with E-state index >= 15 is 0 Å². The maximum atomic E-state index is 13.1. The number of carbonyl (C=O) groups is 3. The van der Waals surface area contributed by atoms with Crippen molar-refractivity contribution in [3.05, 3.63) is 70.9 Å². The molecule has 1 atom stereocenters. The Bertz CT molecular complexity index is 1000. The van der Waals surface area contributed by atoms with Gasteiger partial charge in [-0.25, -0.2) is 4.79 Å². The second kappa shape index (κ2) is 8.77. The van der Waals surface area contributed by atoms with Crippen molar-refractivity contribution in [2.24, 2.45) is 0 Å². The van der Waals surface area contributed by atoms with Crippen LogP contribution in [0.4, 0.5) is 0 Å². The number of methoxy groups -OCH3 is 1. The first-order valence-electron chi connectivity index (χ1n) is 10.2. The van der Waals surface area contributed by atoms with Gasteiger partial charge in [-0.1, -0.05) is 12.1 Å². The lowest BCUT2D eigenvalue weighted by molar-refractivity contribution is -0.129. The molecule has 1 unspecified atom stereocenters. The molecular weight excluding hydrogens is 400 g/mol. The van der Waals surface area contributed by atoms with Gasteiger partial charge in [-0.2, -0.15) is 0 Å². The Morgan fingerprint density at radius 1 is 1.13 bits per heavy atom. The van der Waals surface area contributed by atoms with E-state index in [0.717, 1.165) is 25.9 Å². The maximum absolute atomic E-state index is 13.1. The molecule has 0 radical (unpaired) electrons. The van der Waals surface area contributed by atoms with Gasteiger partial charge in [-0.15, -0.1) is 0 Å². The summed E-state index contributed by atoms with van der Waals surface area (Å²) in [4.78, 5) is 41.6. The van der Waals surface area contributed by atoms with Crippen LogP contribution in [0.1, 0.15) is 45.4 Å². The predicted octanol–water partition coefficient (Wildman–Crippen LogP) is 2.74. The van der Waals surface area contributed by atoms with Crippen LogP contribution in [-0.2, 0) is 9.53 Å². The monoisotopic (exact) mass is 424 g/mol. The maximum Gasteiger partial charge on any atom is 0.337 e. The van der Waals surface area contributed by atoms with Crippen molar-refractivity contribution in [1.29, 1.82) is 0 Å². The van der Waals surface area contributed by atoms with Crippen molar-refractivity contribution in [3.63, 3.8) is 0 Å². The van der Waals surface area contributed by atoms with Gasteiger partial charge in [0, 0.05) is 13.1 Å². The van der Waals surface area contributed by atoms with Crippen molar-refractivity contribution < 1.29 is 28.6 Å². The van der Waals surface area contributed by atoms with Gasteiger partial charge in [0.1, 0.15) is 0 Å². The van der Waals surface area contributed by atoms with E-state index in [9.17, 15) is 19.5 Å². The Morgan fingerprint density at radius 3 is 2.45 bits per heavy atom. The average molecular weight is 424 g/mol. The molecule has 0 saturated carbocycles. The lowest BCUT2D eigenvalue weighted by Crippen LogP contribution is -2.37. The van der Waals surface area contributed by atoms with E-state index in [4.69, 9.17) is 9.15 Å². The van der Waals surface area contributed by atoms with Crippen LogP contribution in [0, 0.1) is 0 Å². The fourth-order valence-electron chi connectivity index (χ4n) is 4.18. The number of amides is 1. The highest BCUT2D eigenvalue weighted by atomic mass is 16.5. The highest BCUT2D eigenvalue weighted by Crippen LogP contribution is 2.39. The van der Waals surface area contributed by atoms with Gasteiger partial charge in [-0.3, -0.25) is 9.59 Å². The fourth-order valence-corrected chi connectivity index (χ4v) is 4.18. The van der Waals surface area contributed by atoms with E-state index in [-0.39, 0.29) is 11.3 Å². The second-order valence-corrected chi connectivity index (χ2v) is 7.63. The number of Topliss-reactive ketones (excluding diaryl/α,β-unsaturated/α-hetero) is 1. The van der Waals surface area contributed by atoms with Gasteiger partial charge < -0.3 is 24.1 Å². The molecule has 1 N–H and O–H groups in total. The van der Waals surface area contributed by atoms with Crippen LogP contribution in [0.3, 0.4) is 0 Å². The van der Waals surface area contributed by atoms with Crippen LogP contribution < -0.4 is 0 Å². The zero-order valence-corrected chi connectivity index (χ0v) is 17.2. The number of ether oxygens (including phenoxy) is 1. The van der Waals surface area contributed by atoms with Gasteiger partial charge in [0.05, 0.1) is 30.6 Å². The molecule has 0 spiro atoms. The summed E-state index contributed by atoms with van der Waals surface area (Å²) in [5.74, 6) is -2.13. The average Bonchev–Trinajstić information content (AvgIpc) is 3.55. The molecule has 1 fully saturated rings. The summed E-state index contributed by atoms with van der Waals surface area (Å²) in [7, 11) is 1.30. The Kier molecular flexibility index (Phi) is 5.90. The summed E-state index contributed by atoms with van der Waals surface area (Å²) >= 11 is 0. The smallest absolute Gasteiger partial charge is 0.337 e. The molecule has 1 saturated heterocycles. The van der Waals surface area contributed by atoms with E-state index in [1.165, 1.54) is 24.3 Å². The standard InChI is InChI=1S/C23H24N2O6/c1-30-23(29)16-8-6-15(7-9-16)19-18(20(26)17-5-4-14-31-17)21(27)22(28)25(19)13-12-24-10-2-3-11-24/h4-9,14,19,27H,2-3,10-13H2,1H3. The number of rotatable bonds is 7. The lowest BCUT2D eigenvalue weighted by Gasteiger charge is -2.28. The van der Waals surface area contributed by atoms with Crippen molar-refractivity contribution in [1.82, 2.24) is 9.80 Å². The minimum atomic E-state index is -0.778. The number of likely N-dealkylation sites (tertiary alicyclic amines) is 1. The Labute approximate surface area is 179 Å². The Hall–Kier alpha value is -3.39. The highest BCUT2D eigenvalue weighted by Gasteiger charge is 2.44. The molecule has 0 bridgehead atoms. The van der Waals surface area contributed by atoms with Crippen LogP contribution in [0.2, 0.25) is 0 Å². The third-order valence-corrected chi connectivity index (χ3v) is 5.80. The highest BCUT2D eigenvalue weighted by molar-refractivity contribution is 6.15. The first kappa shape index (κ1) is 20.9. The number of nitrogens with zero attached hydrogens (tertiary/aromatic N) is 2. The summed E-state index contributed by atoms with van der Waals surface area (Å²) < 4.78 is 9.96. The van der Waals surface area contributed by atoms with Crippen LogP contribution >= 0.6 is 0 Å². The molecule has 1 aromatic heterocycles. The van der Waals surface area contributed by atoms with E-state index in [0.29, 0.717) is 24.2 Å². The van der Waals surface area contributed by atoms with Gasteiger partial charge in [0.15, 0.2) is 11.5 Å². The van der Waals surface area contributed by atoms with Crippen molar-refractivity contribution in [3.8, 4) is 0 Å². The molecule has 1 amide bonds. The number of benzene rings is 1. The van der Waals surface area contributed by atoms with Crippen LogP contribution in [0.5, 0.6) is 0 Å². The van der Waals surface area contributed by atoms with Crippen molar-refractivity contribution in [2.45, 2.75) is 18.9 Å². The third-order valence-electron chi connectivity index (χ3n) is 5.80. The normalized spacial score (nSPS) is 19.3. The number of aliphatic hydroxyl groups excluding tert-OH is 1. The molecule has 162 valence electrons. The zero-order chi connectivity index (χ0) is 22.0. The SMILES string of the molecule is COC(=O)c1ccc(C2C(C(=O)c3ccco3)=C(O)C(=O)N2CCN2CCCC2)cc1. The minimum Gasteiger partial charge on any atom is -0.503 e. The fraction of sp³-hybridized carbons (Fsp3) is 0.348. The number of hydrogen-bond acceptors (Lipinski definition) is 7. The number of furan rings is 1. The third kappa shape index (κ3) is 3.98. The second-order valence-electron chi connectivity index (χ2n) is 7.63. The number of ketones is 1. The molecule has 2 aliphatic rings. The first-order valence-corrected chi connectivity index (χ1v) is 10.2. The summed E-state index contributed by atoms with van der Waals surface area (Å²) in [6.45, 7) is 2.95. The zero-order valence-electron chi connectivity index (χ0n) is 17.2. The van der Waals surface area contributed by atoms with E-state index in [1.807, 2.05) is 0 Å². The number of carbonyl (C=O) groups excluding carboxylic acids is 3. The molecule has 8 heteroatoms. The first-order chi connectivity index (χ1) is 15.0. The van der Waals surface area contributed by atoms with Crippen LogP contribution in [0.15, 0.2) is 58.4 Å². The Balaban J connectivity index is 1.68. The van der Waals surface area contributed by atoms with E-state index in [1.54, 1.807) is 30.3 Å². The summed E-state index contributed by atoms with van der Waals surface area (Å²) in [6, 6.07) is 8.79. The summed E-state index contributed by atoms with van der Waals surface area (Å²) in [6.07, 6.45) is 3.61. The molecule has 2 aliphatic heterocycles. The number of esters is 1. The molecule has 3 heterocycles. The summed E-state index contributed by atoms with van der Waals surface area (Å²) in [5.41, 5.74) is 0.944. The largest absolute Gasteiger partial charge is 0.503 e. The van der Waals surface area contributed by atoms with E-state index < -0.39 is 29.5 Å². The molecule has 2 aromatic rings. The molecule has 4 rings (SSSR count). The van der Waals surface area contributed by atoms with Crippen molar-refractivity contribution in [2.75, 3.05) is 33.3 Å². The number of aliphatic hydroxyl groups is 1. The van der Waals surface area contributed by atoms with Crippen molar-refractivity contribution >= 4 is 17.7 Å². The van der Waals surface area contributed by atoms with Gasteiger partial charge in [0.25, 0.3) is 5.91 Å². The molecule has 0 aliphatic carbocycles. The molecule has 1 aromatic carbocycles. The lowest BCUT2D eigenvalue weighted by atomic mass is 9.94. The topological polar surface area (TPSA) is 100 Å². The van der Waals surface area contributed by atoms with Gasteiger partial charge in [-0.05, 0) is 55.8 Å². The Morgan fingerprint density at radius 2 is 1.84 bits per heavy atom. The molecule has 31 heavy (non-hydrogen) atoms. The molecular formula is C23H24N2O6. The van der Waals surface area contributed by atoms with Crippen LogP contribution in [0.25, 0.3) is 0 Å². The quantitative estimate of drug-likeness (QED) is 0.539. The van der Waals surface area contributed by atoms with Gasteiger partial charge >= 0.3 is 5.97 Å². The van der Waals surface area contributed by atoms with Crippen LogP contribution in [-0.4, -0.2) is 65.9 Å². The summed E-state index contributed by atoms with van der Waals surface area (Å²) in [5, 5.41) is 10.6. The predicted molar refractivity (Wildman–Crippen MR) is 111 cm³/mol. The minimum absolute atomic E-state index is 0.0211.